The topological polar surface area (TPSA) is 66.8 Å². The van der Waals surface area contributed by atoms with Crippen molar-refractivity contribution in [1.29, 1.82) is 0 Å². The van der Waals surface area contributed by atoms with Crippen LogP contribution >= 0.6 is 0 Å². The Morgan fingerprint density at radius 3 is 2.79 bits per heavy atom. The Hall–Kier alpha value is -1.97. The van der Waals surface area contributed by atoms with Gasteiger partial charge in [0.1, 0.15) is 11.5 Å². The summed E-state index contributed by atoms with van der Waals surface area (Å²) in [5.41, 5.74) is 0.357. The Kier molecular flexibility index (Phi) is 3.12. The third-order valence-electron chi connectivity index (χ3n) is 1.61. The van der Waals surface area contributed by atoms with Crippen LogP contribution in [0.3, 0.4) is 0 Å². The van der Waals surface area contributed by atoms with Gasteiger partial charge in [-0.2, -0.15) is 0 Å². The van der Waals surface area contributed by atoms with Gasteiger partial charge in [0.2, 0.25) is 0 Å². The number of methoxy groups -OCH3 is 1. The monoisotopic (exact) mass is 194 g/mol. The Morgan fingerprint density at radius 1 is 1.43 bits per heavy atom. The maximum absolute atomic E-state index is 10.7. The number of hydrogen-bond donors (Lipinski definition) is 2. The molecule has 0 aliphatic carbocycles. The molecule has 0 aliphatic rings. The van der Waals surface area contributed by atoms with E-state index in [1.54, 1.807) is 0 Å². The van der Waals surface area contributed by atoms with Crippen molar-refractivity contribution in [2.45, 2.75) is 0 Å². The lowest BCUT2D eigenvalue weighted by Gasteiger charge is -1.99. The number of aromatic hydroxyl groups is 2. The van der Waals surface area contributed by atoms with Crippen molar-refractivity contribution in [1.82, 2.24) is 0 Å². The van der Waals surface area contributed by atoms with Crippen LogP contribution in [0.1, 0.15) is 5.56 Å². The molecule has 0 unspecified atom stereocenters. The van der Waals surface area contributed by atoms with Gasteiger partial charge in [-0.3, -0.25) is 0 Å². The lowest BCUT2D eigenvalue weighted by atomic mass is 10.2. The van der Waals surface area contributed by atoms with E-state index >= 15 is 0 Å². The maximum Gasteiger partial charge on any atom is 0.330 e. The molecule has 0 fully saturated rings. The van der Waals surface area contributed by atoms with Crippen LogP contribution in [0.4, 0.5) is 0 Å². The number of phenolic OH excluding ortho intramolecular Hbond substituents is 2. The van der Waals surface area contributed by atoms with Crippen molar-refractivity contribution < 1.29 is 19.7 Å². The van der Waals surface area contributed by atoms with E-state index in [-0.39, 0.29) is 11.5 Å². The minimum absolute atomic E-state index is 0.0112. The van der Waals surface area contributed by atoms with Crippen molar-refractivity contribution in [3.8, 4) is 11.5 Å². The second-order valence-corrected chi connectivity index (χ2v) is 2.60. The SMILES string of the molecule is COC(=O)/C=C/c1cc(O)ccc1O. The highest BCUT2D eigenvalue weighted by atomic mass is 16.5. The molecule has 0 saturated heterocycles. The van der Waals surface area contributed by atoms with Crippen molar-refractivity contribution in [3.05, 3.63) is 29.8 Å². The van der Waals surface area contributed by atoms with Gasteiger partial charge >= 0.3 is 5.97 Å². The summed E-state index contributed by atoms with van der Waals surface area (Å²) in [6, 6.07) is 4.03. The second-order valence-electron chi connectivity index (χ2n) is 2.60. The third kappa shape index (κ3) is 2.52. The fraction of sp³-hybridized carbons (Fsp3) is 0.100. The van der Waals surface area contributed by atoms with Gasteiger partial charge in [0.25, 0.3) is 0 Å². The highest BCUT2D eigenvalue weighted by Gasteiger charge is 1.99. The lowest BCUT2D eigenvalue weighted by molar-refractivity contribution is -0.134. The summed E-state index contributed by atoms with van der Waals surface area (Å²) < 4.78 is 4.37. The number of hydrogen-bond acceptors (Lipinski definition) is 4. The molecule has 1 aromatic rings. The Balaban J connectivity index is 2.90. The molecule has 14 heavy (non-hydrogen) atoms. The van der Waals surface area contributed by atoms with Crippen LogP contribution in [-0.4, -0.2) is 23.3 Å². The summed E-state index contributed by atoms with van der Waals surface area (Å²) in [7, 11) is 1.26. The maximum atomic E-state index is 10.7. The number of carbonyl (C=O) groups excluding carboxylic acids is 1. The largest absolute Gasteiger partial charge is 0.508 e. The molecule has 0 atom stereocenters. The molecule has 0 spiro atoms. The molecule has 0 amide bonds. The van der Waals surface area contributed by atoms with Crippen molar-refractivity contribution in [2.24, 2.45) is 0 Å². The lowest BCUT2D eigenvalue weighted by Crippen LogP contribution is -1.93. The number of ether oxygens (including phenoxy) is 1. The van der Waals surface area contributed by atoms with Crippen LogP contribution in [0.5, 0.6) is 11.5 Å². The van der Waals surface area contributed by atoms with Crippen LogP contribution in [0.25, 0.3) is 6.08 Å². The zero-order valence-electron chi connectivity index (χ0n) is 7.60. The summed E-state index contributed by atoms with van der Waals surface area (Å²) in [6.45, 7) is 0. The molecule has 74 valence electrons. The Labute approximate surface area is 81.1 Å². The first kappa shape index (κ1) is 10.1. The highest BCUT2D eigenvalue weighted by molar-refractivity contribution is 5.87. The standard InChI is InChI=1S/C10H10O4/c1-14-10(13)5-2-7-6-8(11)3-4-9(7)12/h2-6,11-12H,1H3/b5-2+. The van der Waals surface area contributed by atoms with Crippen LogP contribution < -0.4 is 0 Å². The van der Waals surface area contributed by atoms with Gasteiger partial charge in [-0.1, -0.05) is 0 Å². The van der Waals surface area contributed by atoms with Gasteiger partial charge in [0.15, 0.2) is 0 Å². The first-order valence-electron chi connectivity index (χ1n) is 3.91. The van der Waals surface area contributed by atoms with E-state index in [0.29, 0.717) is 5.56 Å². The highest BCUT2D eigenvalue weighted by Crippen LogP contribution is 2.22. The summed E-state index contributed by atoms with van der Waals surface area (Å²) in [5.74, 6) is -0.511. The molecule has 0 heterocycles. The van der Waals surface area contributed by atoms with Crippen LogP contribution in [0.2, 0.25) is 0 Å². The average Bonchev–Trinajstić information content (AvgIpc) is 2.19. The molecule has 0 bridgehead atoms. The minimum Gasteiger partial charge on any atom is -0.508 e. The van der Waals surface area contributed by atoms with Crippen molar-refractivity contribution in [3.63, 3.8) is 0 Å². The summed E-state index contributed by atoms with van der Waals surface area (Å²) >= 11 is 0. The van der Waals surface area contributed by atoms with E-state index in [1.165, 1.54) is 31.4 Å². The van der Waals surface area contributed by atoms with E-state index in [9.17, 15) is 9.90 Å². The average molecular weight is 194 g/mol. The van der Waals surface area contributed by atoms with E-state index in [2.05, 4.69) is 4.74 Å². The summed E-state index contributed by atoms with van der Waals surface area (Å²) in [5, 5.41) is 18.4. The molecule has 1 aromatic carbocycles. The second kappa shape index (κ2) is 4.32. The zero-order valence-corrected chi connectivity index (χ0v) is 7.60. The molecule has 0 aliphatic heterocycles. The minimum atomic E-state index is -0.521. The van der Waals surface area contributed by atoms with Gasteiger partial charge < -0.3 is 14.9 Å². The number of carbonyl (C=O) groups is 1. The third-order valence-corrected chi connectivity index (χ3v) is 1.61. The van der Waals surface area contributed by atoms with Gasteiger partial charge in [-0.25, -0.2) is 4.79 Å². The zero-order chi connectivity index (χ0) is 10.6. The van der Waals surface area contributed by atoms with E-state index < -0.39 is 5.97 Å². The predicted octanol–water partition coefficient (Wildman–Crippen LogP) is 1.28. The number of rotatable bonds is 2. The van der Waals surface area contributed by atoms with Crippen molar-refractivity contribution >= 4 is 12.0 Å². The van der Waals surface area contributed by atoms with Gasteiger partial charge in [-0.15, -0.1) is 0 Å². The molecule has 2 N–H and O–H groups in total. The first-order chi connectivity index (χ1) is 6.63. The predicted molar refractivity (Wildman–Crippen MR) is 50.8 cm³/mol. The molecule has 0 radical (unpaired) electrons. The van der Waals surface area contributed by atoms with E-state index in [4.69, 9.17) is 5.11 Å². The number of esters is 1. The number of benzene rings is 1. The molecule has 1 rings (SSSR count). The fourth-order valence-corrected chi connectivity index (χ4v) is 0.901. The van der Waals surface area contributed by atoms with E-state index in [0.717, 1.165) is 6.08 Å². The molecule has 0 aromatic heterocycles. The normalized spacial score (nSPS) is 10.4. The molecular formula is C10H10O4. The quantitative estimate of drug-likeness (QED) is 0.423. The van der Waals surface area contributed by atoms with E-state index in [1.807, 2.05) is 0 Å². The van der Waals surface area contributed by atoms with Gasteiger partial charge in [0.05, 0.1) is 7.11 Å². The summed E-state index contributed by atoms with van der Waals surface area (Å²) in [6.07, 6.45) is 2.52. The Bertz CT molecular complexity index is 368. The molecular weight excluding hydrogens is 184 g/mol. The first-order valence-corrected chi connectivity index (χ1v) is 3.91. The smallest absolute Gasteiger partial charge is 0.330 e. The Morgan fingerprint density at radius 2 is 2.14 bits per heavy atom. The van der Waals surface area contributed by atoms with Crippen molar-refractivity contribution in [2.75, 3.05) is 7.11 Å². The van der Waals surface area contributed by atoms with Gasteiger partial charge in [-0.05, 0) is 24.3 Å². The van der Waals surface area contributed by atoms with Crippen LogP contribution in [0.15, 0.2) is 24.3 Å². The summed E-state index contributed by atoms with van der Waals surface area (Å²) in [4.78, 5) is 10.7. The number of phenols is 2. The molecule has 4 heteroatoms. The van der Waals surface area contributed by atoms with Crippen LogP contribution in [-0.2, 0) is 9.53 Å². The fourth-order valence-electron chi connectivity index (χ4n) is 0.901. The molecule has 0 saturated carbocycles. The molecule has 4 nitrogen and oxygen atoms in total. The van der Waals surface area contributed by atoms with Gasteiger partial charge in [0, 0.05) is 11.6 Å². The van der Waals surface area contributed by atoms with Crippen LogP contribution in [0, 0.1) is 0 Å².